The molecule has 2 N–H and O–H groups in total. The van der Waals surface area contributed by atoms with E-state index in [4.69, 9.17) is 11.6 Å². The smallest absolute Gasteiger partial charge is 0.426 e. The lowest BCUT2D eigenvalue weighted by Crippen LogP contribution is -2.41. The number of hydrogen-bond acceptors (Lipinski definition) is 4. The van der Waals surface area contributed by atoms with E-state index >= 15 is 0 Å². The zero-order valence-electron chi connectivity index (χ0n) is 13.0. The monoisotopic (exact) mass is 336 g/mol. The van der Waals surface area contributed by atoms with Crippen LogP contribution in [0.25, 0.3) is 5.69 Å². The third-order valence-electron chi connectivity index (χ3n) is 3.13. The molecule has 1 heterocycles. The van der Waals surface area contributed by atoms with E-state index in [1.165, 1.54) is 0 Å². The van der Waals surface area contributed by atoms with Crippen molar-refractivity contribution < 1.29 is 14.3 Å². The first kappa shape index (κ1) is 16.8. The molecule has 2 rings (SSSR count). The Labute approximate surface area is 138 Å². The Morgan fingerprint density at radius 1 is 1.22 bits per heavy atom. The number of nitrogens with zero attached hydrogens (tertiary/aromatic N) is 2. The van der Waals surface area contributed by atoms with Crippen LogP contribution in [0.3, 0.4) is 0 Å². The Morgan fingerprint density at radius 2 is 1.87 bits per heavy atom. The van der Waals surface area contributed by atoms with Crippen LogP contribution in [0.5, 0.6) is 0 Å². The second kappa shape index (κ2) is 7.15. The van der Waals surface area contributed by atoms with Gasteiger partial charge in [-0.05, 0) is 45.0 Å². The highest BCUT2D eigenvalue weighted by atomic mass is 35.5. The number of amides is 2. The number of carbonyl (C=O) groups is 2. The first-order chi connectivity index (χ1) is 10.9. The molecule has 0 fully saturated rings. The van der Waals surface area contributed by atoms with Gasteiger partial charge in [-0.3, -0.25) is 10.2 Å². The molecule has 7 nitrogen and oxygen atoms in total. The van der Waals surface area contributed by atoms with Gasteiger partial charge < -0.3 is 4.74 Å². The number of ether oxygens (including phenoxy) is 1. The molecule has 0 saturated carbocycles. The summed E-state index contributed by atoms with van der Waals surface area (Å²) in [4.78, 5) is 23.0. The van der Waals surface area contributed by atoms with Crippen molar-refractivity contribution in [3.8, 4) is 5.69 Å². The molecule has 122 valence electrons. The molecular weight excluding hydrogens is 320 g/mol. The van der Waals surface area contributed by atoms with Crippen LogP contribution in [-0.4, -0.2) is 28.4 Å². The molecule has 1 aromatic carbocycles. The Kier molecular flexibility index (Phi) is 5.23. The highest BCUT2D eigenvalue weighted by Gasteiger charge is 2.12. The Hall–Kier alpha value is -2.54. The maximum atomic E-state index is 11.9. The van der Waals surface area contributed by atoms with Crippen molar-refractivity contribution in [1.29, 1.82) is 0 Å². The minimum Gasteiger partial charge on any atom is -0.449 e. The maximum Gasteiger partial charge on any atom is 0.426 e. The SMILES string of the molecule is CCOC(=O)NNC(=O)c1ccc(-n2nc(C)c(Cl)c2C)cc1. The number of halogens is 1. The van der Waals surface area contributed by atoms with Crippen LogP contribution in [0.2, 0.25) is 5.02 Å². The molecule has 8 heteroatoms. The fourth-order valence-corrected chi connectivity index (χ4v) is 2.09. The van der Waals surface area contributed by atoms with Gasteiger partial charge in [0.05, 0.1) is 28.7 Å². The van der Waals surface area contributed by atoms with E-state index in [1.807, 2.05) is 13.8 Å². The summed E-state index contributed by atoms with van der Waals surface area (Å²) >= 11 is 6.13. The van der Waals surface area contributed by atoms with Gasteiger partial charge in [0.1, 0.15) is 0 Å². The van der Waals surface area contributed by atoms with Gasteiger partial charge in [-0.1, -0.05) is 11.6 Å². The van der Waals surface area contributed by atoms with Gasteiger partial charge in [-0.15, -0.1) is 0 Å². The molecule has 23 heavy (non-hydrogen) atoms. The number of aromatic nitrogens is 2. The van der Waals surface area contributed by atoms with Crippen LogP contribution in [0.15, 0.2) is 24.3 Å². The summed E-state index contributed by atoms with van der Waals surface area (Å²) < 4.78 is 6.35. The molecule has 0 aliphatic heterocycles. The van der Waals surface area contributed by atoms with Gasteiger partial charge in [0, 0.05) is 5.56 Å². The number of nitrogens with one attached hydrogen (secondary N) is 2. The lowest BCUT2D eigenvalue weighted by atomic mass is 10.2. The quantitative estimate of drug-likeness (QED) is 0.843. The molecule has 0 aliphatic carbocycles. The number of benzene rings is 1. The average molecular weight is 337 g/mol. The van der Waals surface area contributed by atoms with Crippen molar-refractivity contribution in [3.63, 3.8) is 0 Å². The summed E-state index contributed by atoms with van der Waals surface area (Å²) in [6.07, 6.45) is -0.713. The van der Waals surface area contributed by atoms with Crippen LogP contribution in [0, 0.1) is 13.8 Å². The topological polar surface area (TPSA) is 85.3 Å². The third-order valence-corrected chi connectivity index (χ3v) is 3.68. The zero-order valence-corrected chi connectivity index (χ0v) is 13.8. The van der Waals surface area contributed by atoms with Crippen LogP contribution >= 0.6 is 11.6 Å². The molecule has 0 spiro atoms. The first-order valence-electron chi connectivity index (χ1n) is 6.99. The minimum absolute atomic E-state index is 0.224. The number of aryl methyl sites for hydroxylation is 1. The summed E-state index contributed by atoms with van der Waals surface area (Å²) in [7, 11) is 0. The largest absolute Gasteiger partial charge is 0.449 e. The van der Waals surface area contributed by atoms with Crippen molar-refractivity contribution >= 4 is 23.6 Å². The highest BCUT2D eigenvalue weighted by molar-refractivity contribution is 6.31. The average Bonchev–Trinajstić information content (AvgIpc) is 2.80. The second-order valence-electron chi connectivity index (χ2n) is 4.74. The van der Waals surface area contributed by atoms with E-state index in [2.05, 4.69) is 20.7 Å². The second-order valence-corrected chi connectivity index (χ2v) is 5.12. The van der Waals surface area contributed by atoms with Crippen molar-refractivity contribution in [2.75, 3.05) is 6.61 Å². The molecule has 0 bridgehead atoms. The molecule has 2 aromatic rings. The molecule has 1 aromatic heterocycles. The molecule has 0 saturated heterocycles. The summed E-state index contributed by atoms with van der Waals surface area (Å²) in [6, 6.07) is 6.74. The number of carbonyl (C=O) groups excluding carboxylic acids is 2. The summed E-state index contributed by atoms with van der Waals surface area (Å²) in [6.45, 7) is 5.59. The fourth-order valence-electron chi connectivity index (χ4n) is 1.98. The molecular formula is C15H17ClN4O3. The van der Waals surface area contributed by atoms with Crippen LogP contribution in [0.4, 0.5) is 4.79 Å². The predicted molar refractivity (Wildman–Crippen MR) is 85.7 cm³/mol. The molecule has 0 aliphatic rings. The van der Waals surface area contributed by atoms with Gasteiger partial charge in [0.15, 0.2) is 0 Å². The van der Waals surface area contributed by atoms with Gasteiger partial charge >= 0.3 is 6.09 Å². The highest BCUT2D eigenvalue weighted by Crippen LogP contribution is 2.22. The fraction of sp³-hybridized carbons (Fsp3) is 0.267. The van der Waals surface area contributed by atoms with Gasteiger partial charge in [-0.25, -0.2) is 14.9 Å². The third kappa shape index (κ3) is 3.81. The maximum absolute atomic E-state index is 11.9. The van der Waals surface area contributed by atoms with Crippen molar-refractivity contribution in [2.24, 2.45) is 0 Å². The van der Waals surface area contributed by atoms with E-state index in [1.54, 1.807) is 35.9 Å². The molecule has 0 radical (unpaired) electrons. The van der Waals surface area contributed by atoms with Crippen molar-refractivity contribution in [3.05, 3.63) is 46.2 Å². The normalized spacial score (nSPS) is 10.3. The Balaban J connectivity index is 2.08. The standard InChI is InChI=1S/C15H17ClN4O3/c1-4-23-15(22)18-17-14(21)11-5-7-12(8-6-11)20-10(3)13(16)9(2)19-20/h5-8H,4H2,1-3H3,(H,17,21)(H,18,22). The van der Waals surface area contributed by atoms with Crippen molar-refractivity contribution in [2.45, 2.75) is 20.8 Å². The summed E-state index contributed by atoms with van der Waals surface area (Å²) in [5.41, 5.74) is 7.15. The number of hydrazine groups is 1. The van der Waals surface area contributed by atoms with E-state index in [-0.39, 0.29) is 6.61 Å². The van der Waals surface area contributed by atoms with Crippen LogP contribution in [0.1, 0.15) is 28.7 Å². The lowest BCUT2D eigenvalue weighted by molar-refractivity contribution is 0.0912. The Morgan fingerprint density at radius 3 is 2.39 bits per heavy atom. The molecule has 2 amide bonds. The molecule has 0 unspecified atom stereocenters. The first-order valence-corrected chi connectivity index (χ1v) is 7.37. The Bertz CT molecular complexity index is 725. The van der Waals surface area contributed by atoms with E-state index in [9.17, 15) is 9.59 Å². The van der Waals surface area contributed by atoms with E-state index in [0.29, 0.717) is 10.6 Å². The van der Waals surface area contributed by atoms with Gasteiger partial charge in [0.2, 0.25) is 0 Å². The summed E-state index contributed by atoms with van der Waals surface area (Å²) in [5, 5.41) is 4.96. The van der Waals surface area contributed by atoms with Crippen molar-refractivity contribution in [1.82, 2.24) is 20.6 Å². The predicted octanol–water partition coefficient (Wildman–Crippen LogP) is 2.53. The lowest BCUT2D eigenvalue weighted by Gasteiger charge is -2.08. The van der Waals surface area contributed by atoms with Crippen LogP contribution in [-0.2, 0) is 4.74 Å². The minimum atomic E-state index is -0.713. The van der Waals surface area contributed by atoms with Gasteiger partial charge in [0.25, 0.3) is 5.91 Å². The molecule has 0 atom stereocenters. The van der Waals surface area contributed by atoms with Crippen LogP contribution < -0.4 is 10.9 Å². The van der Waals surface area contributed by atoms with Gasteiger partial charge in [-0.2, -0.15) is 5.10 Å². The summed E-state index contributed by atoms with van der Waals surface area (Å²) in [5.74, 6) is -0.448. The van der Waals surface area contributed by atoms with E-state index in [0.717, 1.165) is 17.1 Å². The zero-order chi connectivity index (χ0) is 17.0. The number of hydrogen-bond donors (Lipinski definition) is 2. The number of rotatable bonds is 3. The van der Waals surface area contributed by atoms with E-state index < -0.39 is 12.0 Å².